The highest BCUT2D eigenvalue weighted by Crippen LogP contribution is 2.25. The minimum absolute atomic E-state index is 0.0911. The maximum atomic E-state index is 12.0. The largest absolute Gasteiger partial charge is 0.461 e. The summed E-state index contributed by atoms with van der Waals surface area (Å²) in [5.41, 5.74) is 0. The van der Waals surface area contributed by atoms with E-state index < -0.39 is 0 Å². The number of esters is 2. The fourth-order valence-electron chi connectivity index (χ4n) is 4.09. The summed E-state index contributed by atoms with van der Waals surface area (Å²) in [6, 6.07) is 39.4. The van der Waals surface area contributed by atoms with Crippen molar-refractivity contribution in [1.82, 2.24) is 0 Å². The predicted molar refractivity (Wildman–Crippen MR) is 212 cm³/mol. The van der Waals surface area contributed by atoms with Crippen molar-refractivity contribution in [2.24, 2.45) is 17.8 Å². The van der Waals surface area contributed by atoms with E-state index >= 15 is 0 Å². The Balaban J connectivity index is 0.000000283. The average Bonchev–Trinajstić information content (AvgIpc) is 3.07. The summed E-state index contributed by atoms with van der Waals surface area (Å²) < 4.78 is 10.8. The molecule has 0 spiro atoms. The first-order valence-corrected chi connectivity index (χ1v) is 19.9. The third-order valence-corrected chi connectivity index (χ3v) is 9.52. The Bertz CT molecular complexity index is 1380. The molecule has 0 fully saturated rings. The highest BCUT2D eigenvalue weighted by atomic mass is 32.2. The first-order chi connectivity index (χ1) is 24.0. The van der Waals surface area contributed by atoms with Crippen molar-refractivity contribution in [1.29, 1.82) is 0 Å². The molecule has 0 heterocycles. The highest BCUT2D eigenvalue weighted by molar-refractivity contribution is 8.13. The lowest BCUT2D eigenvalue weighted by Crippen LogP contribution is -2.24. The monoisotopic (exact) mass is 732 g/mol. The Morgan fingerprint density at radius 1 is 0.500 bits per heavy atom. The number of hydrogen-bond donors (Lipinski definition) is 0. The van der Waals surface area contributed by atoms with Crippen LogP contribution in [-0.4, -0.2) is 34.7 Å². The molecular weight excluding hydrogens is 681 g/mol. The van der Waals surface area contributed by atoms with E-state index in [2.05, 4.69) is 38.1 Å². The summed E-state index contributed by atoms with van der Waals surface area (Å²) >= 11 is 4.80. The lowest BCUT2D eigenvalue weighted by Gasteiger charge is -2.18. The van der Waals surface area contributed by atoms with E-state index in [4.69, 9.17) is 9.47 Å². The van der Waals surface area contributed by atoms with Crippen LogP contribution < -0.4 is 4.74 Å². The van der Waals surface area contributed by atoms with Gasteiger partial charge in [0, 0.05) is 45.5 Å². The number of para-hydroxylation sites is 1. The van der Waals surface area contributed by atoms with Gasteiger partial charge in [-0.3, -0.25) is 14.4 Å². The van der Waals surface area contributed by atoms with E-state index in [-0.39, 0.29) is 23.2 Å². The summed E-state index contributed by atoms with van der Waals surface area (Å²) in [4.78, 5) is 38.1. The zero-order valence-electron chi connectivity index (χ0n) is 30.2. The number of carbonyl (C=O) groups is 3. The molecule has 5 nitrogen and oxygen atoms in total. The SMILES string of the molecule is CC(C)CC(=O)OC(CSc1ccccc1)CSc1ccccc1.CC(C)CC(=O)Oc1ccccc1.CC(C)CC(=O)Sc1ccccc1. The molecule has 4 rings (SSSR count). The molecule has 0 saturated carbocycles. The van der Waals surface area contributed by atoms with E-state index in [0.717, 1.165) is 16.4 Å². The molecule has 4 aromatic rings. The second-order valence-electron chi connectivity index (χ2n) is 12.7. The maximum absolute atomic E-state index is 12.0. The minimum Gasteiger partial charge on any atom is -0.461 e. The molecule has 0 bridgehead atoms. The van der Waals surface area contributed by atoms with Gasteiger partial charge in [0.25, 0.3) is 0 Å². The molecule has 8 heteroatoms. The summed E-state index contributed by atoms with van der Waals surface area (Å²) in [5, 5.41) is 0.251. The normalized spacial score (nSPS) is 10.6. The van der Waals surface area contributed by atoms with Gasteiger partial charge in [-0.25, -0.2) is 0 Å². The summed E-state index contributed by atoms with van der Waals surface area (Å²) in [6.45, 7) is 12.2. The molecule has 0 atom stereocenters. The van der Waals surface area contributed by atoms with Crippen molar-refractivity contribution in [3.05, 3.63) is 121 Å². The number of rotatable bonds is 15. The topological polar surface area (TPSA) is 69.7 Å². The second kappa shape index (κ2) is 25.5. The van der Waals surface area contributed by atoms with E-state index in [9.17, 15) is 14.4 Å². The third-order valence-electron chi connectivity index (χ3n) is 6.33. The van der Waals surface area contributed by atoms with Crippen LogP contribution >= 0.6 is 35.3 Å². The third kappa shape index (κ3) is 21.6. The van der Waals surface area contributed by atoms with Gasteiger partial charge >= 0.3 is 11.9 Å². The molecule has 4 aromatic carbocycles. The van der Waals surface area contributed by atoms with Gasteiger partial charge < -0.3 is 9.47 Å². The summed E-state index contributed by atoms with van der Waals surface area (Å²) in [7, 11) is 0. The number of thioether (sulfide) groups is 3. The van der Waals surface area contributed by atoms with Gasteiger partial charge in [0.1, 0.15) is 11.9 Å². The molecule has 0 aromatic heterocycles. The second-order valence-corrected chi connectivity index (χ2v) is 16.0. The number of ether oxygens (including phenoxy) is 2. The molecular formula is C42H52O5S3. The number of carbonyl (C=O) groups excluding carboxylic acids is 3. The quantitative estimate of drug-likeness (QED) is 0.0680. The smallest absolute Gasteiger partial charge is 0.311 e. The van der Waals surface area contributed by atoms with Gasteiger partial charge in [-0.2, -0.15) is 0 Å². The molecule has 0 aliphatic carbocycles. The fraction of sp³-hybridized carbons (Fsp3) is 0.357. The van der Waals surface area contributed by atoms with Crippen LogP contribution in [0, 0.1) is 17.8 Å². The molecule has 0 aliphatic heterocycles. The first kappa shape index (κ1) is 42.7. The van der Waals surface area contributed by atoms with Gasteiger partial charge in [0.15, 0.2) is 5.12 Å². The van der Waals surface area contributed by atoms with E-state index in [0.29, 0.717) is 42.8 Å². The van der Waals surface area contributed by atoms with Crippen molar-refractivity contribution in [3.63, 3.8) is 0 Å². The number of hydrogen-bond acceptors (Lipinski definition) is 8. The molecule has 50 heavy (non-hydrogen) atoms. The van der Waals surface area contributed by atoms with Crippen LogP contribution in [-0.2, 0) is 19.1 Å². The lowest BCUT2D eigenvalue weighted by molar-refractivity contribution is -0.147. The Hall–Kier alpha value is -3.46. The van der Waals surface area contributed by atoms with Gasteiger partial charge in [-0.05, 0) is 66.3 Å². The van der Waals surface area contributed by atoms with Crippen LogP contribution in [0.2, 0.25) is 0 Å². The lowest BCUT2D eigenvalue weighted by atomic mass is 10.1. The Morgan fingerprint density at radius 2 is 0.880 bits per heavy atom. The minimum atomic E-state index is -0.166. The van der Waals surface area contributed by atoms with Gasteiger partial charge in [0.2, 0.25) is 0 Å². The molecule has 0 aliphatic rings. The van der Waals surface area contributed by atoms with E-state index in [1.165, 1.54) is 21.6 Å². The van der Waals surface area contributed by atoms with E-state index in [1.807, 2.05) is 113 Å². The zero-order chi connectivity index (χ0) is 36.6. The molecule has 268 valence electrons. The zero-order valence-corrected chi connectivity index (χ0v) is 32.6. The number of benzene rings is 4. The Labute approximate surface area is 312 Å². The van der Waals surface area contributed by atoms with Gasteiger partial charge in [-0.15, -0.1) is 23.5 Å². The maximum Gasteiger partial charge on any atom is 0.311 e. The molecule has 0 saturated heterocycles. The van der Waals surface area contributed by atoms with Crippen LogP contribution in [0.25, 0.3) is 0 Å². The molecule has 0 radical (unpaired) electrons. The predicted octanol–water partition coefficient (Wildman–Crippen LogP) is 11.5. The fourth-order valence-corrected chi connectivity index (χ4v) is 7.03. The van der Waals surface area contributed by atoms with Crippen molar-refractivity contribution < 1.29 is 23.9 Å². The van der Waals surface area contributed by atoms with Crippen LogP contribution in [0.1, 0.15) is 60.8 Å². The average molecular weight is 733 g/mol. The van der Waals surface area contributed by atoms with Crippen molar-refractivity contribution >= 4 is 52.3 Å². The summed E-state index contributed by atoms with van der Waals surface area (Å²) in [6.07, 6.45) is 1.50. The van der Waals surface area contributed by atoms with E-state index in [1.54, 1.807) is 35.7 Å². The van der Waals surface area contributed by atoms with Crippen LogP contribution in [0.15, 0.2) is 136 Å². The standard InChI is InChI=1S/C20H24O2S2.C11H14O2.C11H14OS/c1-16(2)13-20(21)22-17(14-23-18-9-5-3-6-10-18)15-24-19-11-7-4-8-12-19;2*1-9(2)8-11(12)13-10-6-4-3-5-7-10/h3-12,16-17H,13-15H2,1-2H3;2*3-7,9H,8H2,1-2H3. The molecule has 0 unspecified atom stereocenters. The van der Waals surface area contributed by atoms with Crippen molar-refractivity contribution in [2.75, 3.05) is 11.5 Å². The van der Waals surface area contributed by atoms with Crippen molar-refractivity contribution in [3.8, 4) is 5.75 Å². The molecule has 0 amide bonds. The highest BCUT2D eigenvalue weighted by Gasteiger charge is 2.17. The Morgan fingerprint density at radius 3 is 1.30 bits per heavy atom. The van der Waals surface area contributed by atoms with Gasteiger partial charge in [0.05, 0.1) is 0 Å². The van der Waals surface area contributed by atoms with Crippen LogP contribution in [0.3, 0.4) is 0 Å². The summed E-state index contributed by atoms with van der Waals surface area (Å²) in [5.74, 6) is 3.01. The van der Waals surface area contributed by atoms with Gasteiger partial charge in [-0.1, -0.05) is 126 Å². The van der Waals surface area contributed by atoms with Crippen LogP contribution in [0.4, 0.5) is 0 Å². The first-order valence-electron chi connectivity index (χ1n) is 17.1. The van der Waals surface area contributed by atoms with Crippen molar-refractivity contribution in [2.45, 2.75) is 81.6 Å². The molecule has 0 N–H and O–H groups in total. The van der Waals surface area contributed by atoms with Crippen LogP contribution in [0.5, 0.6) is 5.75 Å². The Kier molecular flexibility index (Phi) is 21.8.